The second kappa shape index (κ2) is 12.3. The van der Waals surface area contributed by atoms with Gasteiger partial charge in [-0.25, -0.2) is 4.39 Å². The topological polar surface area (TPSA) is 79.9 Å². The first-order valence-corrected chi connectivity index (χ1v) is 12.6. The molecule has 1 aromatic rings. The molecule has 1 unspecified atom stereocenters. The zero-order chi connectivity index (χ0) is 23.8. The summed E-state index contributed by atoms with van der Waals surface area (Å²) in [4.78, 5) is 26.5. The van der Waals surface area contributed by atoms with Crippen LogP contribution in [0.4, 0.5) is 4.39 Å². The van der Waals surface area contributed by atoms with Crippen molar-refractivity contribution in [3.63, 3.8) is 0 Å². The third-order valence-corrected chi connectivity index (χ3v) is 7.02. The Kier molecular flexibility index (Phi) is 8.93. The number of nitrogens with one attached hydrogen (secondary N) is 2. The highest BCUT2D eigenvalue weighted by atomic mass is 19.1. The lowest BCUT2D eigenvalue weighted by molar-refractivity contribution is -0.135. The number of piperidine rings is 1. The highest BCUT2D eigenvalue weighted by Crippen LogP contribution is 2.32. The van der Waals surface area contributed by atoms with Crippen LogP contribution < -0.4 is 15.4 Å². The molecule has 34 heavy (non-hydrogen) atoms. The second-order valence-electron chi connectivity index (χ2n) is 9.38. The van der Waals surface area contributed by atoms with Crippen LogP contribution in [0.1, 0.15) is 44.1 Å². The lowest BCUT2D eigenvalue weighted by atomic mass is 9.86. The van der Waals surface area contributed by atoms with E-state index in [4.69, 9.17) is 9.47 Å². The number of carbonyl (C=O) groups excluding carboxylic acids is 2. The monoisotopic (exact) mass is 473 g/mol. The molecule has 2 amide bonds. The Balaban J connectivity index is 1.21. The third kappa shape index (κ3) is 6.79. The maximum Gasteiger partial charge on any atom is 0.224 e. The number of nitrogens with zero attached hydrogens (tertiary/aromatic N) is 1. The van der Waals surface area contributed by atoms with E-state index >= 15 is 0 Å². The van der Waals surface area contributed by atoms with Crippen molar-refractivity contribution in [2.45, 2.75) is 38.5 Å². The molecule has 2 heterocycles. The van der Waals surface area contributed by atoms with Crippen molar-refractivity contribution in [2.75, 3.05) is 52.5 Å². The van der Waals surface area contributed by atoms with E-state index in [2.05, 4.69) is 10.6 Å². The van der Waals surface area contributed by atoms with Crippen LogP contribution in [0.5, 0.6) is 5.75 Å². The van der Waals surface area contributed by atoms with Crippen LogP contribution in [0.15, 0.2) is 24.3 Å². The number of morpholine rings is 1. The number of rotatable bonds is 8. The molecule has 1 aliphatic carbocycles. The highest BCUT2D eigenvalue weighted by molar-refractivity contribution is 5.82. The smallest absolute Gasteiger partial charge is 0.224 e. The van der Waals surface area contributed by atoms with Gasteiger partial charge in [0.25, 0.3) is 0 Å². The Bertz CT molecular complexity index is 879. The third-order valence-electron chi connectivity index (χ3n) is 7.02. The molecule has 8 heteroatoms. The Labute approximate surface area is 201 Å². The number of hydrogen-bond donors (Lipinski definition) is 2. The van der Waals surface area contributed by atoms with Gasteiger partial charge < -0.3 is 25.0 Å². The van der Waals surface area contributed by atoms with Crippen LogP contribution in [-0.4, -0.2) is 69.3 Å². The van der Waals surface area contributed by atoms with Gasteiger partial charge in [-0.1, -0.05) is 12.1 Å². The van der Waals surface area contributed by atoms with Crippen LogP contribution in [0, 0.1) is 17.7 Å². The number of carbonyl (C=O) groups is 2. The minimum absolute atomic E-state index is 0.0158. The van der Waals surface area contributed by atoms with Crippen molar-refractivity contribution in [1.82, 2.24) is 15.5 Å². The molecule has 2 fully saturated rings. The average Bonchev–Trinajstić information content (AvgIpc) is 2.89. The standard InChI is InChI=1S/C26H36FN3O4/c27-23-17-22(5-6-24(23)34-18-19-7-10-28-11-8-19)20-1-3-21(4-2-20)26(32)29-12-9-25(31)30-13-15-33-16-14-30/h1,5-6,17,19,21,28H,2-4,7-16,18H2,(H,29,32). The van der Waals surface area contributed by atoms with E-state index in [-0.39, 0.29) is 23.5 Å². The molecule has 0 saturated carbocycles. The van der Waals surface area contributed by atoms with Gasteiger partial charge in [-0.05, 0) is 74.4 Å². The fraction of sp³-hybridized carbons (Fsp3) is 0.615. The first-order valence-electron chi connectivity index (χ1n) is 12.6. The summed E-state index contributed by atoms with van der Waals surface area (Å²) in [5.41, 5.74) is 1.91. The zero-order valence-corrected chi connectivity index (χ0v) is 19.8. The van der Waals surface area contributed by atoms with Gasteiger partial charge in [0.15, 0.2) is 11.6 Å². The maximum absolute atomic E-state index is 14.6. The molecule has 0 radical (unpaired) electrons. The molecule has 4 rings (SSSR count). The summed E-state index contributed by atoms with van der Waals surface area (Å²) in [5.74, 6) is 0.374. The lowest BCUT2D eigenvalue weighted by Gasteiger charge is -2.27. The highest BCUT2D eigenvalue weighted by Gasteiger charge is 2.23. The molecule has 1 aromatic carbocycles. The van der Waals surface area contributed by atoms with Gasteiger partial charge in [0, 0.05) is 32.0 Å². The summed E-state index contributed by atoms with van der Waals surface area (Å²) in [6.45, 7) is 5.29. The SMILES string of the molecule is O=C(NCCC(=O)N1CCOCC1)C1CC=C(c2ccc(OCC3CCNCC3)c(F)c2)CC1. The Morgan fingerprint density at radius 1 is 1.18 bits per heavy atom. The van der Waals surface area contributed by atoms with E-state index in [0.717, 1.165) is 43.5 Å². The summed E-state index contributed by atoms with van der Waals surface area (Å²) < 4.78 is 25.6. The summed E-state index contributed by atoms with van der Waals surface area (Å²) in [7, 11) is 0. The van der Waals surface area contributed by atoms with E-state index in [1.165, 1.54) is 0 Å². The molecule has 2 N–H and O–H groups in total. The molecule has 0 spiro atoms. The minimum atomic E-state index is -0.336. The van der Waals surface area contributed by atoms with Crippen LogP contribution in [0.25, 0.3) is 5.57 Å². The van der Waals surface area contributed by atoms with Crippen molar-refractivity contribution < 1.29 is 23.5 Å². The fourth-order valence-corrected chi connectivity index (χ4v) is 4.82. The Morgan fingerprint density at radius 3 is 2.68 bits per heavy atom. The van der Waals surface area contributed by atoms with Crippen molar-refractivity contribution in [2.24, 2.45) is 11.8 Å². The van der Waals surface area contributed by atoms with Gasteiger partial charge in [-0.3, -0.25) is 9.59 Å². The van der Waals surface area contributed by atoms with E-state index in [9.17, 15) is 14.0 Å². The quantitative estimate of drug-likeness (QED) is 0.607. The van der Waals surface area contributed by atoms with Crippen LogP contribution in [0.3, 0.4) is 0 Å². The summed E-state index contributed by atoms with van der Waals surface area (Å²) in [6.07, 6.45) is 6.53. The Morgan fingerprint density at radius 2 is 1.97 bits per heavy atom. The number of benzene rings is 1. The van der Waals surface area contributed by atoms with Crippen molar-refractivity contribution in [3.8, 4) is 5.75 Å². The Hall–Kier alpha value is -2.45. The number of hydrogen-bond acceptors (Lipinski definition) is 5. The van der Waals surface area contributed by atoms with Gasteiger partial charge in [-0.2, -0.15) is 0 Å². The predicted molar refractivity (Wildman–Crippen MR) is 128 cm³/mol. The minimum Gasteiger partial charge on any atom is -0.490 e. The molecule has 0 bridgehead atoms. The molecule has 2 aliphatic heterocycles. The molecule has 2 saturated heterocycles. The average molecular weight is 474 g/mol. The van der Waals surface area contributed by atoms with E-state index in [0.29, 0.717) is 70.4 Å². The number of allylic oxidation sites excluding steroid dienone is 2. The van der Waals surface area contributed by atoms with E-state index in [1.54, 1.807) is 17.0 Å². The number of amides is 2. The van der Waals surface area contributed by atoms with Gasteiger partial charge in [0.05, 0.1) is 19.8 Å². The van der Waals surface area contributed by atoms with Gasteiger partial charge in [0.2, 0.25) is 11.8 Å². The summed E-state index contributed by atoms with van der Waals surface area (Å²) in [6, 6.07) is 5.17. The molecular weight excluding hydrogens is 437 g/mol. The lowest BCUT2D eigenvalue weighted by Crippen LogP contribution is -2.42. The van der Waals surface area contributed by atoms with E-state index in [1.807, 2.05) is 12.1 Å². The number of halogens is 1. The van der Waals surface area contributed by atoms with Gasteiger partial charge >= 0.3 is 0 Å². The summed E-state index contributed by atoms with van der Waals surface area (Å²) >= 11 is 0. The molecule has 7 nitrogen and oxygen atoms in total. The fourth-order valence-electron chi connectivity index (χ4n) is 4.82. The first-order chi connectivity index (χ1) is 16.6. The maximum atomic E-state index is 14.6. The predicted octanol–water partition coefficient (Wildman–Crippen LogP) is 2.75. The van der Waals surface area contributed by atoms with Gasteiger partial charge in [-0.15, -0.1) is 0 Å². The van der Waals surface area contributed by atoms with Crippen molar-refractivity contribution in [3.05, 3.63) is 35.7 Å². The van der Waals surface area contributed by atoms with Crippen LogP contribution in [-0.2, 0) is 14.3 Å². The van der Waals surface area contributed by atoms with Crippen molar-refractivity contribution in [1.29, 1.82) is 0 Å². The molecule has 3 aliphatic rings. The van der Waals surface area contributed by atoms with Crippen LogP contribution in [0.2, 0.25) is 0 Å². The van der Waals surface area contributed by atoms with Gasteiger partial charge in [0.1, 0.15) is 0 Å². The van der Waals surface area contributed by atoms with E-state index < -0.39 is 0 Å². The molecule has 1 atom stereocenters. The molecule has 0 aromatic heterocycles. The second-order valence-corrected chi connectivity index (χ2v) is 9.38. The normalized spacial score (nSPS) is 21.6. The largest absolute Gasteiger partial charge is 0.490 e. The molecular formula is C26H36FN3O4. The number of ether oxygens (including phenoxy) is 2. The van der Waals surface area contributed by atoms with Crippen molar-refractivity contribution >= 4 is 17.4 Å². The summed E-state index contributed by atoms with van der Waals surface area (Å²) in [5, 5.41) is 6.23. The van der Waals surface area contributed by atoms with Crippen LogP contribution >= 0.6 is 0 Å². The first kappa shape index (κ1) is 24.7. The molecule has 186 valence electrons. The zero-order valence-electron chi connectivity index (χ0n) is 19.8.